The lowest BCUT2D eigenvalue weighted by atomic mass is 10.1. The van der Waals surface area contributed by atoms with Crippen molar-refractivity contribution in [3.8, 4) is 0 Å². The van der Waals surface area contributed by atoms with Crippen LogP contribution in [0.3, 0.4) is 0 Å². The van der Waals surface area contributed by atoms with E-state index in [0.717, 1.165) is 0 Å². The molecular formula is C5H6O4. The largest absolute Gasteiger partial charge is 0.478 e. The third kappa shape index (κ3) is 0.590. The molecule has 1 aliphatic rings. The summed E-state index contributed by atoms with van der Waals surface area (Å²) < 4.78 is 4.28. The van der Waals surface area contributed by atoms with E-state index in [1.807, 2.05) is 0 Å². The maximum Gasteiger partial charge on any atom is 0.364 e. The van der Waals surface area contributed by atoms with Gasteiger partial charge in [0.2, 0.25) is 0 Å². The summed E-state index contributed by atoms with van der Waals surface area (Å²) in [7, 11) is 0. The summed E-state index contributed by atoms with van der Waals surface area (Å²) in [6, 6.07) is 0. The first-order valence-corrected chi connectivity index (χ1v) is 2.60. The van der Waals surface area contributed by atoms with Gasteiger partial charge in [-0.15, -0.1) is 0 Å². The molecule has 4 nitrogen and oxygen atoms in total. The molecule has 1 N–H and O–H groups in total. The van der Waals surface area contributed by atoms with Crippen LogP contribution in [0.4, 0.5) is 0 Å². The van der Waals surface area contributed by atoms with E-state index in [2.05, 4.69) is 4.74 Å². The lowest BCUT2D eigenvalue weighted by molar-refractivity contribution is -0.143. The van der Waals surface area contributed by atoms with Crippen LogP contribution in [-0.2, 0) is 14.3 Å². The topological polar surface area (TPSA) is 66.9 Å². The van der Waals surface area contributed by atoms with Crippen LogP contribution in [0, 0.1) is 0 Å². The second kappa shape index (κ2) is 1.46. The Morgan fingerprint density at radius 1 is 1.89 bits per heavy atom. The summed E-state index contributed by atoms with van der Waals surface area (Å²) in [4.78, 5) is 20.5. The fourth-order valence-corrected chi connectivity index (χ4v) is 0.631. The Labute approximate surface area is 51.4 Å². The van der Waals surface area contributed by atoms with Gasteiger partial charge in [0.05, 0.1) is 0 Å². The summed E-state index contributed by atoms with van der Waals surface area (Å²) in [5, 5.41) is 8.33. The number of carboxylic acid groups (broad SMARTS) is 1. The van der Waals surface area contributed by atoms with Gasteiger partial charge in [0.25, 0.3) is 0 Å². The van der Waals surface area contributed by atoms with Gasteiger partial charge in [0.15, 0.2) is 0 Å². The Kier molecular flexibility index (Phi) is 0.986. The number of hydrogen-bond acceptors (Lipinski definition) is 3. The van der Waals surface area contributed by atoms with Gasteiger partial charge >= 0.3 is 17.5 Å². The molecule has 1 fully saturated rings. The minimum atomic E-state index is -1.47. The molecule has 1 aliphatic heterocycles. The van der Waals surface area contributed by atoms with E-state index in [1.54, 1.807) is 6.92 Å². The third-order valence-electron chi connectivity index (χ3n) is 1.40. The van der Waals surface area contributed by atoms with E-state index in [1.165, 1.54) is 0 Å². The number of carbonyl (C=O) groups excluding carboxylic acids is 1. The lowest BCUT2D eigenvalue weighted by Gasteiger charge is -1.93. The van der Waals surface area contributed by atoms with E-state index in [4.69, 9.17) is 5.11 Å². The summed E-state index contributed by atoms with van der Waals surface area (Å²) in [6.45, 7) is 1.60. The number of carboxylic acids is 1. The van der Waals surface area contributed by atoms with Crippen molar-refractivity contribution in [2.45, 2.75) is 18.9 Å². The van der Waals surface area contributed by atoms with Gasteiger partial charge in [-0.2, -0.15) is 0 Å². The predicted molar refractivity (Wildman–Crippen MR) is 26.7 cm³/mol. The number of aliphatic carboxylic acids is 1. The number of carbonyl (C=O) groups is 2. The van der Waals surface area contributed by atoms with Crippen LogP contribution in [0.1, 0.15) is 13.3 Å². The van der Waals surface area contributed by atoms with Crippen molar-refractivity contribution < 1.29 is 19.4 Å². The molecule has 1 rings (SSSR count). The molecule has 1 unspecified atom stereocenters. The Bertz CT molecular complexity index is 174. The van der Waals surface area contributed by atoms with Crippen LogP contribution in [0.15, 0.2) is 0 Å². The van der Waals surface area contributed by atoms with Gasteiger partial charge in [0.1, 0.15) is 0 Å². The van der Waals surface area contributed by atoms with Crippen LogP contribution in [0.5, 0.6) is 0 Å². The van der Waals surface area contributed by atoms with Crippen molar-refractivity contribution in [2.24, 2.45) is 0 Å². The predicted octanol–water partition coefficient (Wildman–Crippen LogP) is -0.223. The maximum absolute atomic E-state index is 10.3. The molecular weight excluding hydrogens is 124 g/mol. The highest BCUT2D eigenvalue weighted by Gasteiger charge is 2.63. The molecule has 1 atom stereocenters. The Morgan fingerprint density at radius 2 is 2.33 bits per heavy atom. The molecule has 1 heterocycles. The molecule has 50 valence electrons. The number of cyclic esters (lactones) is 1. The monoisotopic (exact) mass is 130 g/mol. The average molecular weight is 130 g/mol. The van der Waals surface area contributed by atoms with E-state index >= 15 is 0 Å². The molecule has 9 heavy (non-hydrogen) atoms. The summed E-state index contributed by atoms with van der Waals surface area (Å²) in [5.41, 5.74) is -1.47. The molecule has 0 bridgehead atoms. The molecule has 0 spiro atoms. The van der Waals surface area contributed by atoms with Gasteiger partial charge in [-0.05, 0) is 0 Å². The van der Waals surface area contributed by atoms with E-state index in [9.17, 15) is 9.59 Å². The number of rotatable bonds is 2. The Hall–Kier alpha value is -1.06. The van der Waals surface area contributed by atoms with Crippen molar-refractivity contribution >= 4 is 11.9 Å². The molecule has 0 aromatic heterocycles. The number of ether oxygens (including phenoxy) is 1. The normalized spacial score (nSPS) is 31.4. The second-order valence-electron chi connectivity index (χ2n) is 1.88. The second-order valence-corrected chi connectivity index (χ2v) is 1.88. The van der Waals surface area contributed by atoms with E-state index in [-0.39, 0.29) is 6.42 Å². The number of hydrogen-bond donors (Lipinski definition) is 1. The van der Waals surface area contributed by atoms with Crippen LogP contribution >= 0.6 is 0 Å². The van der Waals surface area contributed by atoms with Crippen molar-refractivity contribution in [3.63, 3.8) is 0 Å². The van der Waals surface area contributed by atoms with Gasteiger partial charge in [-0.25, -0.2) is 9.59 Å². The van der Waals surface area contributed by atoms with Gasteiger partial charge < -0.3 is 9.84 Å². The highest BCUT2D eigenvalue weighted by Crippen LogP contribution is 2.32. The summed E-state index contributed by atoms with van der Waals surface area (Å²) in [5.74, 6) is -1.81. The van der Waals surface area contributed by atoms with Gasteiger partial charge in [-0.1, -0.05) is 6.92 Å². The quantitative estimate of drug-likeness (QED) is 0.414. The zero-order chi connectivity index (χ0) is 7.07. The molecule has 0 radical (unpaired) electrons. The molecule has 4 heteroatoms. The van der Waals surface area contributed by atoms with E-state index in [0.29, 0.717) is 0 Å². The van der Waals surface area contributed by atoms with Crippen LogP contribution < -0.4 is 0 Å². The van der Waals surface area contributed by atoms with Crippen LogP contribution in [0.2, 0.25) is 0 Å². The van der Waals surface area contributed by atoms with E-state index < -0.39 is 17.5 Å². The van der Waals surface area contributed by atoms with Crippen LogP contribution in [0.25, 0.3) is 0 Å². The first kappa shape index (κ1) is 6.07. The van der Waals surface area contributed by atoms with Crippen molar-refractivity contribution in [3.05, 3.63) is 0 Å². The first-order chi connectivity index (χ1) is 4.13. The third-order valence-corrected chi connectivity index (χ3v) is 1.40. The molecule has 0 aromatic rings. The molecule has 0 saturated carbocycles. The molecule has 0 aromatic carbocycles. The Balaban J connectivity index is 2.74. The Morgan fingerprint density at radius 3 is 2.33 bits per heavy atom. The molecule has 0 amide bonds. The standard InChI is InChI=1S/C5H6O4/c1-2-5(3(6)7)4(8)9-5/h2H2,1H3,(H,6,7). The fourth-order valence-electron chi connectivity index (χ4n) is 0.631. The van der Waals surface area contributed by atoms with Crippen molar-refractivity contribution in [1.82, 2.24) is 0 Å². The summed E-state index contributed by atoms with van der Waals surface area (Å²) in [6.07, 6.45) is 0.209. The zero-order valence-electron chi connectivity index (χ0n) is 4.88. The maximum atomic E-state index is 10.3. The smallest absolute Gasteiger partial charge is 0.364 e. The summed E-state index contributed by atoms with van der Waals surface area (Å²) >= 11 is 0. The first-order valence-electron chi connectivity index (χ1n) is 2.60. The zero-order valence-corrected chi connectivity index (χ0v) is 4.88. The highest BCUT2D eigenvalue weighted by atomic mass is 16.7. The highest BCUT2D eigenvalue weighted by molar-refractivity contribution is 6.13. The number of epoxide rings is 1. The molecule has 1 saturated heterocycles. The van der Waals surface area contributed by atoms with Crippen molar-refractivity contribution in [2.75, 3.05) is 0 Å². The minimum Gasteiger partial charge on any atom is -0.478 e. The van der Waals surface area contributed by atoms with Crippen molar-refractivity contribution in [1.29, 1.82) is 0 Å². The molecule has 0 aliphatic carbocycles. The SMILES string of the molecule is CCC1(C(=O)O)OC1=O. The average Bonchev–Trinajstić information content (AvgIpc) is 2.43. The fraction of sp³-hybridized carbons (Fsp3) is 0.600. The van der Waals surface area contributed by atoms with Crippen LogP contribution in [-0.4, -0.2) is 22.6 Å². The minimum absolute atomic E-state index is 0.209. The van der Waals surface area contributed by atoms with Gasteiger partial charge in [-0.3, -0.25) is 0 Å². The van der Waals surface area contributed by atoms with Gasteiger partial charge in [0, 0.05) is 6.42 Å². The lowest BCUT2D eigenvalue weighted by Crippen LogP contribution is -2.24.